The molecule has 0 N–H and O–H groups in total. The molecule has 0 fully saturated rings. The number of unbranched alkanes of at least 4 members (excludes halogenated alkanes) is 8. The quantitative estimate of drug-likeness (QED) is 0.390. The number of hydrogen-bond donors (Lipinski definition) is 0. The number of benzene rings is 1. The van der Waals surface area contributed by atoms with Gasteiger partial charge in [0.05, 0.1) is 0 Å². The fourth-order valence-electron chi connectivity index (χ4n) is 2.05. The molecule has 0 spiro atoms. The van der Waals surface area contributed by atoms with Crippen LogP contribution < -0.4 is 0 Å². The third-order valence-electron chi connectivity index (χ3n) is 3.23. The largest absolute Gasteiger partial charge is 0.0979 e. The Kier molecular flexibility index (Phi) is 9.29. The Balaban J connectivity index is 2.00. The summed E-state index contributed by atoms with van der Waals surface area (Å²) >= 11 is 5.83. The molecule has 0 aromatic heterocycles. The van der Waals surface area contributed by atoms with Crippen molar-refractivity contribution in [1.29, 1.82) is 0 Å². The molecule has 0 saturated carbocycles. The van der Waals surface area contributed by atoms with E-state index >= 15 is 0 Å². The van der Waals surface area contributed by atoms with Crippen molar-refractivity contribution in [2.24, 2.45) is 0 Å². The van der Waals surface area contributed by atoms with Gasteiger partial charge in [-0.2, -0.15) is 0 Å². The van der Waals surface area contributed by atoms with Crippen molar-refractivity contribution in [2.45, 2.75) is 64.7 Å². The van der Waals surface area contributed by atoms with E-state index in [-0.39, 0.29) is 0 Å². The smallest absolute Gasteiger partial charge is 0.0406 e. The van der Waals surface area contributed by atoms with Gasteiger partial charge in [0.25, 0.3) is 0 Å². The summed E-state index contributed by atoms with van der Waals surface area (Å²) in [5.41, 5.74) is 1.06. The zero-order chi connectivity index (χ0) is 13.8. The lowest BCUT2D eigenvalue weighted by Crippen LogP contribution is -1.80. The summed E-state index contributed by atoms with van der Waals surface area (Å²) in [5.74, 6) is 6.42. The lowest BCUT2D eigenvalue weighted by molar-refractivity contribution is 0.579. The Hall–Kier alpha value is -0.930. The van der Waals surface area contributed by atoms with E-state index in [1.165, 1.54) is 51.4 Å². The molecule has 19 heavy (non-hydrogen) atoms. The lowest BCUT2D eigenvalue weighted by atomic mass is 10.1. The summed E-state index contributed by atoms with van der Waals surface area (Å²) in [5, 5.41) is 0.772. The Labute approximate surface area is 123 Å². The molecule has 0 heterocycles. The molecule has 0 radical (unpaired) electrons. The summed E-state index contributed by atoms with van der Waals surface area (Å²) < 4.78 is 0. The minimum absolute atomic E-state index is 0.772. The normalized spacial score (nSPS) is 10.0. The van der Waals surface area contributed by atoms with Crippen LogP contribution in [-0.2, 0) is 0 Å². The molecule has 1 aromatic rings. The molecule has 0 nitrogen and oxygen atoms in total. The molecular weight excluding hydrogens is 252 g/mol. The van der Waals surface area contributed by atoms with Crippen LogP contribution in [0.1, 0.15) is 70.3 Å². The van der Waals surface area contributed by atoms with Crippen LogP contribution in [0.25, 0.3) is 0 Å². The van der Waals surface area contributed by atoms with Crippen molar-refractivity contribution < 1.29 is 0 Å². The van der Waals surface area contributed by atoms with Crippen LogP contribution in [0.3, 0.4) is 0 Å². The van der Waals surface area contributed by atoms with Crippen LogP contribution in [-0.4, -0.2) is 0 Å². The van der Waals surface area contributed by atoms with Gasteiger partial charge in [-0.25, -0.2) is 0 Å². The van der Waals surface area contributed by atoms with Gasteiger partial charge in [-0.05, 0) is 30.7 Å². The van der Waals surface area contributed by atoms with Crippen LogP contribution in [0.15, 0.2) is 24.3 Å². The lowest BCUT2D eigenvalue weighted by Gasteiger charge is -1.99. The first-order valence-electron chi connectivity index (χ1n) is 7.57. The highest BCUT2D eigenvalue weighted by Crippen LogP contribution is 2.10. The number of halogens is 1. The summed E-state index contributed by atoms with van der Waals surface area (Å²) in [6.07, 6.45) is 11.9. The average molecular weight is 277 g/mol. The summed E-state index contributed by atoms with van der Waals surface area (Å²) in [7, 11) is 0. The molecule has 0 amide bonds. The van der Waals surface area contributed by atoms with Crippen LogP contribution >= 0.6 is 11.6 Å². The van der Waals surface area contributed by atoms with Gasteiger partial charge < -0.3 is 0 Å². The van der Waals surface area contributed by atoms with Crippen LogP contribution in [0.2, 0.25) is 5.02 Å². The second-order valence-electron chi connectivity index (χ2n) is 5.03. The first-order chi connectivity index (χ1) is 9.33. The molecule has 1 rings (SSSR count). The molecule has 0 atom stereocenters. The maximum absolute atomic E-state index is 5.83. The van der Waals surface area contributed by atoms with E-state index in [9.17, 15) is 0 Å². The van der Waals surface area contributed by atoms with E-state index in [0.29, 0.717) is 0 Å². The van der Waals surface area contributed by atoms with Gasteiger partial charge in [0.2, 0.25) is 0 Å². The van der Waals surface area contributed by atoms with Gasteiger partial charge in [-0.15, -0.1) is 0 Å². The zero-order valence-electron chi connectivity index (χ0n) is 12.1. The highest BCUT2D eigenvalue weighted by atomic mass is 35.5. The van der Waals surface area contributed by atoms with Gasteiger partial charge >= 0.3 is 0 Å². The van der Waals surface area contributed by atoms with E-state index < -0.39 is 0 Å². The molecular formula is C18H25Cl. The van der Waals surface area contributed by atoms with E-state index in [0.717, 1.165) is 17.0 Å². The average Bonchev–Trinajstić information content (AvgIpc) is 2.43. The highest BCUT2D eigenvalue weighted by Gasteiger charge is 1.90. The number of rotatable bonds is 8. The van der Waals surface area contributed by atoms with Crippen molar-refractivity contribution in [2.75, 3.05) is 0 Å². The predicted octanol–water partition coefficient (Wildman–Crippen LogP) is 6.22. The number of hydrogen-bond acceptors (Lipinski definition) is 0. The minimum Gasteiger partial charge on any atom is -0.0979 e. The third kappa shape index (κ3) is 8.73. The van der Waals surface area contributed by atoms with E-state index in [1.54, 1.807) is 0 Å². The summed E-state index contributed by atoms with van der Waals surface area (Å²) in [6, 6.07) is 7.73. The Morgan fingerprint density at radius 2 is 1.42 bits per heavy atom. The van der Waals surface area contributed by atoms with Crippen LogP contribution in [0.4, 0.5) is 0 Å². The van der Waals surface area contributed by atoms with E-state index in [4.69, 9.17) is 11.6 Å². The van der Waals surface area contributed by atoms with Crippen molar-refractivity contribution in [1.82, 2.24) is 0 Å². The fraction of sp³-hybridized carbons (Fsp3) is 0.556. The van der Waals surface area contributed by atoms with Crippen molar-refractivity contribution in [3.8, 4) is 11.8 Å². The Morgan fingerprint density at radius 1 is 0.842 bits per heavy atom. The maximum Gasteiger partial charge on any atom is 0.0406 e. The second kappa shape index (κ2) is 10.9. The van der Waals surface area contributed by atoms with Crippen molar-refractivity contribution in [3.05, 3.63) is 34.9 Å². The molecule has 0 unspecified atom stereocenters. The Morgan fingerprint density at radius 3 is 2.05 bits per heavy atom. The standard InChI is InChI=1S/C18H25Cl/c1-2-3-4-5-6-7-8-9-10-11-12-17-13-15-18(19)16-14-17/h13-16H,2-10H2,1H3. The van der Waals surface area contributed by atoms with Gasteiger partial charge in [-0.3, -0.25) is 0 Å². The molecule has 1 aromatic carbocycles. The minimum atomic E-state index is 0.772. The van der Waals surface area contributed by atoms with Gasteiger partial charge in [0.15, 0.2) is 0 Å². The Bertz CT molecular complexity index is 380. The first kappa shape index (κ1) is 16.1. The molecule has 0 bridgehead atoms. The molecule has 0 aliphatic rings. The maximum atomic E-state index is 5.83. The highest BCUT2D eigenvalue weighted by molar-refractivity contribution is 6.30. The third-order valence-corrected chi connectivity index (χ3v) is 3.48. The van der Waals surface area contributed by atoms with E-state index in [1.807, 2.05) is 24.3 Å². The van der Waals surface area contributed by atoms with E-state index in [2.05, 4.69) is 18.8 Å². The van der Waals surface area contributed by atoms with Crippen LogP contribution in [0, 0.1) is 11.8 Å². The van der Waals surface area contributed by atoms with Gasteiger partial charge in [-0.1, -0.05) is 75.3 Å². The SMILES string of the molecule is CCCCCCCCCCC#Cc1ccc(Cl)cc1. The summed E-state index contributed by atoms with van der Waals surface area (Å²) in [4.78, 5) is 0. The van der Waals surface area contributed by atoms with Crippen molar-refractivity contribution >= 4 is 11.6 Å². The molecule has 1 heteroatoms. The molecule has 0 aliphatic heterocycles. The van der Waals surface area contributed by atoms with Gasteiger partial charge in [0, 0.05) is 17.0 Å². The van der Waals surface area contributed by atoms with Gasteiger partial charge in [0.1, 0.15) is 0 Å². The second-order valence-corrected chi connectivity index (χ2v) is 5.47. The monoisotopic (exact) mass is 276 g/mol. The fourth-order valence-corrected chi connectivity index (χ4v) is 2.17. The molecule has 0 aliphatic carbocycles. The van der Waals surface area contributed by atoms with Crippen molar-refractivity contribution in [3.63, 3.8) is 0 Å². The molecule has 104 valence electrons. The zero-order valence-corrected chi connectivity index (χ0v) is 12.8. The first-order valence-corrected chi connectivity index (χ1v) is 7.95. The predicted molar refractivity (Wildman–Crippen MR) is 85.6 cm³/mol. The summed E-state index contributed by atoms with van der Waals surface area (Å²) in [6.45, 7) is 2.26. The topological polar surface area (TPSA) is 0 Å². The molecule has 0 saturated heterocycles. The van der Waals surface area contributed by atoms with Crippen LogP contribution in [0.5, 0.6) is 0 Å².